The van der Waals surface area contributed by atoms with E-state index in [4.69, 9.17) is 19.4 Å². The second-order valence-electron chi connectivity index (χ2n) is 9.17. The van der Waals surface area contributed by atoms with Crippen molar-refractivity contribution in [2.45, 2.75) is 63.6 Å². The van der Waals surface area contributed by atoms with Crippen molar-refractivity contribution in [2.24, 2.45) is 11.7 Å². The summed E-state index contributed by atoms with van der Waals surface area (Å²) in [5.41, 5.74) is 5.72. The third-order valence-corrected chi connectivity index (χ3v) is 5.97. The van der Waals surface area contributed by atoms with Gasteiger partial charge in [-0.15, -0.1) is 0 Å². The molecule has 0 fully saturated rings. The lowest BCUT2D eigenvalue weighted by molar-refractivity contribution is -0.159. The van der Waals surface area contributed by atoms with Gasteiger partial charge in [-0.2, -0.15) is 8.42 Å². The molecule has 186 valence electrons. The lowest BCUT2D eigenvalue weighted by atomic mass is 9.83. The van der Waals surface area contributed by atoms with E-state index in [1.54, 1.807) is 65.0 Å². The quantitative estimate of drug-likeness (QED) is 0.393. The fourth-order valence-electron chi connectivity index (χ4n) is 3.32. The number of rotatable bonds is 10. The molecule has 0 spiro atoms. The summed E-state index contributed by atoms with van der Waals surface area (Å²) < 4.78 is 41.0. The predicted molar refractivity (Wildman–Crippen MR) is 128 cm³/mol. The summed E-state index contributed by atoms with van der Waals surface area (Å²) in [5.74, 6) is -2.36. The van der Waals surface area contributed by atoms with E-state index in [9.17, 15) is 18.0 Å². The third-order valence-electron chi connectivity index (χ3n) is 4.71. The zero-order valence-electron chi connectivity index (χ0n) is 20.2. The third kappa shape index (κ3) is 8.14. The van der Waals surface area contributed by atoms with Crippen LogP contribution in [0.1, 0.15) is 52.5 Å². The van der Waals surface area contributed by atoms with Crippen molar-refractivity contribution >= 4 is 22.1 Å². The van der Waals surface area contributed by atoms with Gasteiger partial charge in [0, 0.05) is 0 Å². The Morgan fingerprint density at radius 3 is 2.06 bits per heavy atom. The van der Waals surface area contributed by atoms with Gasteiger partial charge in [0.25, 0.3) is 0 Å². The maximum Gasteiger partial charge on any atom is 0.339 e. The number of carbonyl (C=O) groups excluding carboxylic acids is 2. The number of nitrogens with two attached hydrogens (primary N) is 1. The van der Waals surface area contributed by atoms with Crippen LogP contribution in [0.4, 0.5) is 0 Å². The summed E-state index contributed by atoms with van der Waals surface area (Å²) in [6, 6.07) is 13.8. The summed E-state index contributed by atoms with van der Waals surface area (Å²) in [6.45, 7) is 8.76. The van der Waals surface area contributed by atoms with Gasteiger partial charge in [-0.1, -0.05) is 30.3 Å². The van der Waals surface area contributed by atoms with Crippen molar-refractivity contribution in [3.63, 3.8) is 0 Å². The molecule has 0 aliphatic carbocycles. The molecule has 0 radical (unpaired) electrons. The SMILES string of the molecule is CC(C)OC(=O)CC(CN)C(C(=O)OC(C)(C)C)c1ccc(OS(=O)(=O)c2ccccc2)cc1. The number of carbonyl (C=O) groups is 2. The number of hydrogen-bond donors (Lipinski definition) is 1. The van der Waals surface area contributed by atoms with Crippen LogP contribution in [0.25, 0.3) is 0 Å². The van der Waals surface area contributed by atoms with E-state index in [-0.39, 0.29) is 29.7 Å². The fourth-order valence-corrected chi connectivity index (χ4v) is 4.27. The van der Waals surface area contributed by atoms with E-state index in [1.807, 2.05) is 0 Å². The van der Waals surface area contributed by atoms with Crippen LogP contribution in [0.5, 0.6) is 5.75 Å². The van der Waals surface area contributed by atoms with E-state index in [2.05, 4.69) is 0 Å². The summed E-state index contributed by atoms with van der Waals surface area (Å²) in [4.78, 5) is 25.4. The molecule has 0 saturated heterocycles. The van der Waals surface area contributed by atoms with E-state index in [1.165, 1.54) is 24.3 Å². The largest absolute Gasteiger partial charge is 0.463 e. The minimum Gasteiger partial charge on any atom is -0.463 e. The highest BCUT2D eigenvalue weighted by Crippen LogP contribution is 2.32. The molecular weight excluding hydrogens is 458 g/mol. The van der Waals surface area contributed by atoms with Crippen LogP contribution in [-0.2, 0) is 29.2 Å². The maximum atomic E-state index is 13.1. The highest BCUT2D eigenvalue weighted by atomic mass is 32.2. The average molecular weight is 492 g/mol. The van der Waals surface area contributed by atoms with Gasteiger partial charge in [0.15, 0.2) is 0 Å². The van der Waals surface area contributed by atoms with Crippen LogP contribution in [-0.4, -0.2) is 38.6 Å². The van der Waals surface area contributed by atoms with Gasteiger partial charge in [-0.25, -0.2) is 0 Å². The molecule has 2 N–H and O–H groups in total. The first-order valence-corrected chi connectivity index (χ1v) is 12.4. The zero-order chi connectivity index (χ0) is 25.5. The number of ether oxygens (including phenoxy) is 2. The van der Waals surface area contributed by atoms with E-state index >= 15 is 0 Å². The molecule has 0 heterocycles. The maximum absolute atomic E-state index is 13.1. The van der Waals surface area contributed by atoms with Crippen LogP contribution in [0.15, 0.2) is 59.5 Å². The molecule has 0 saturated carbocycles. The van der Waals surface area contributed by atoms with E-state index in [0.717, 1.165) is 0 Å². The normalized spacial score (nSPS) is 13.7. The van der Waals surface area contributed by atoms with Crippen LogP contribution in [0, 0.1) is 5.92 Å². The molecule has 34 heavy (non-hydrogen) atoms. The topological polar surface area (TPSA) is 122 Å². The minimum absolute atomic E-state index is 0.0255. The monoisotopic (exact) mass is 491 g/mol. The van der Waals surface area contributed by atoms with E-state index in [0.29, 0.717) is 5.56 Å². The smallest absolute Gasteiger partial charge is 0.339 e. The van der Waals surface area contributed by atoms with Crippen molar-refractivity contribution in [3.8, 4) is 5.75 Å². The van der Waals surface area contributed by atoms with Crippen LogP contribution in [0.2, 0.25) is 0 Å². The summed E-state index contributed by atoms with van der Waals surface area (Å²) in [5, 5.41) is 0. The molecule has 2 atom stereocenters. The second kappa shape index (κ2) is 11.5. The van der Waals surface area contributed by atoms with E-state index < -0.39 is 39.5 Å². The summed E-state index contributed by atoms with van der Waals surface area (Å²) >= 11 is 0. The molecule has 0 aliphatic heterocycles. The van der Waals surface area contributed by atoms with Crippen molar-refractivity contribution in [2.75, 3.05) is 6.54 Å². The molecule has 0 aromatic heterocycles. The lowest BCUT2D eigenvalue weighted by Crippen LogP contribution is -2.35. The fraction of sp³-hybridized carbons (Fsp3) is 0.440. The summed E-state index contributed by atoms with van der Waals surface area (Å²) in [6.07, 6.45) is -0.368. The predicted octanol–water partition coefficient (Wildman–Crippen LogP) is 3.80. The van der Waals surface area contributed by atoms with Gasteiger partial charge in [0.1, 0.15) is 16.2 Å². The Hall–Kier alpha value is -2.91. The number of hydrogen-bond acceptors (Lipinski definition) is 8. The Kier molecular flexibility index (Phi) is 9.23. The Morgan fingerprint density at radius 1 is 0.971 bits per heavy atom. The lowest BCUT2D eigenvalue weighted by Gasteiger charge is -2.29. The van der Waals surface area contributed by atoms with Gasteiger partial charge in [0.05, 0.1) is 18.4 Å². The first-order valence-electron chi connectivity index (χ1n) is 11.0. The molecule has 0 bridgehead atoms. The Balaban J connectivity index is 2.32. The minimum atomic E-state index is -4.01. The number of benzene rings is 2. The Morgan fingerprint density at radius 2 is 1.56 bits per heavy atom. The van der Waals surface area contributed by atoms with Crippen molar-refractivity contribution in [1.82, 2.24) is 0 Å². The molecule has 2 rings (SSSR count). The van der Waals surface area contributed by atoms with Crippen molar-refractivity contribution in [3.05, 3.63) is 60.2 Å². The standard InChI is InChI=1S/C25H33NO7S/c1-17(2)31-22(27)15-19(16-26)23(24(28)32-25(3,4)5)18-11-13-20(14-12-18)33-34(29,30)21-9-7-6-8-10-21/h6-14,17,19,23H,15-16,26H2,1-5H3. The number of esters is 2. The molecule has 0 aliphatic rings. The first-order chi connectivity index (χ1) is 15.8. The molecule has 2 aromatic rings. The van der Waals surface area contributed by atoms with Crippen LogP contribution < -0.4 is 9.92 Å². The Bertz CT molecular complexity index is 1060. The molecule has 0 amide bonds. The first kappa shape index (κ1) is 27.3. The molecule has 8 nitrogen and oxygen atoms in total. The van der Waals surface area contributed by atoms with Crippen LogP contribution in [0.3, 0.4) is 0 Å². The van der Waals surface area contributed by atoms with Crippen molar-refractivity contribution in [1.29, 1.82) is 0 Å². The second-order valence-corrected chi connectivity index (χ2v) is 10.7. The zero-order valence-corrected chi connectivity index (χ0v) is 21.0. The van der Waals surface area contributed by atoms with Gasteiger partial charge < -0.3 is 19.4 Å². The summed E-state index contributed by atoms with van der Waals surface area (Å²) in [7, 11) is -4.01. The van der Waals surface area contributed by atoms with Gasteiger partial charge in [0.2, 0.25) is 0 Å². The van der Waals surface area contributed by atoms with Crippen molar-refractivity contribution < 1.29 is 31.7 Å². The molecule has 9 heteroatoms. The van der Waals surface area contributed by atoms with Gasteiger partial charge in [-0.3, -0.25) is 9.59 Å². The van der Waals surface area contributed by atoms with Crippen LogP contribution >= 0.6 is 0 Å². The van der Waals surface area contributed by atoms with Gasteiger partial charge in [-0.05, 0) is 76.9 Å². The van der Waals surface area contributed by atoms with Gasteiger partial charge >= 0.3 is 22.1 Å². The molecule has 2 aromatic carbocycles. The Labute approximate surface area is 201 Å². The average Bonchev–Trinajstić information content (AvgIpc) is 2.73. The highest BCUT2D eigenvalue weighted by molar-refractivity contribution is 7.87. The molecular formula is C25H33NO7S. The highest BCUT2D eigenvalue weighted by Gasteiger charge is 2.35. The molecule has 2 unspecified atom stereocenters.